The first-order valence-corrected chi connectivity index (χ1v) is 8.19. The van der Waals surface area contributed by atoms with Gasteiger partial charge in [-0.05, 0) is 56.7 Å². The standard InChI is InChI=1S/C14H22N4S/c19-14-16-15-13(18(14)11-7-8-11)17-9-3-5-10-4-1-2-6-12(10)17/h10-12H,1-9H2,(H,16,19). The zero-order valence-corrected chi connectivity index (χ0v) is 12.2. The van der Waals surface area contributed by atoms with Crippen molar-refractivity contribution in [2.75, 3.05) is 11.4 Å². The first-order valence-electron chi connectivity index (χ1n) is 7.78. The monoisotopic (exact) mass is 278 g/mol. The van der Waals surface area contributed by atoms with Gasteiger partial charge in [0, 0.05) is 18.6 Å². The minimum atomic E-state index is 0.616. The normalized spacial score (nSPS) is 31.3. The van der Waals surface area contributed by atoms with E-state index >= 15 is 0 Å². The fourth-order valence-electron chi connectivity index (χ4n) is 4.03. The van der Waals surface area contributed by atoms with Crippen LogP contribution in [0.1, 0.15) is 57.4 Å². The molecule has 0 bridgehead atoms. The van der Waals surface area contributed by atoms with E-state index in [1.165, 1.54) is 51.4 Å². The molecular formula is C14H22N4S. The molecule has 3 fully saturated rings. The molecule has 19 heavy (non-hydrogen) atoms. The third kappa shape index (κ3) is 2.02. The molecule has 0 aromatic carbocycles. The molecule has 4 nitrogen and oxygen atoms in total. The summed E-state index contributed by atoms with van der Waals surface area (Å²) in [6.07, 6.45) is 10.8. The second-order valence-corrected chi connectivity index (χ2v) is 6.76. The molecule has 0 amide bonds. The number of anilines is 1. The molecule has 2 unspecified atom stereocenters. The van der Waals surface area contributed by atoms with Crippen molar-refractivity contribution in [2.24, 2.45) is 5.92 Å². The molecule has 2 atom stereocenters. The number of hydrogen-bond donors (Lipinski definition) is 1. The van der Waals surface area contributed by atoms with Crippen LogP contribution in [0.3, 0.4) is 0 Å². The minimum Gasteiger partial charge on any atom is -0.338 e. The van der Waals surface area contributed by atoms with Crippen LogP contribution >= 0.6 is 12.2 Å². The molecule has 3 aliphatic rings. The van der Waals surface area contributed by atoms with Gasteiger partial charge in [-0.1, -0.05) is 12.8 Å². The third-order valence-corrected chi connectivity index (χ3v) is 5.39. The Morgan fingerprint density at radius 3 is 2.68 bits per heavy atom. The average molecular weight is 278 g/mol. The fourth-order valence-corrected chi connectivity index (χ4v) is 4.31. The molecule has 2 saturated carbocycles. The van der Waals surface area contributed by atoms with E-state index in [-0.39, 0.29) is 0 Å². The molecule has 5 heteroatoms. The van der Waals surface area contributed by atoms with Crippen molar-refractivity contribution in [3.8, 4) is 0 Å². The van der Waals surface area contributed by atoms with E-state index in [4.69, 9.17) is 12.2 Å². The van der Waals surface area contributed by atoms with E-state index in [0.717, 1.165) is 23.2 Å². The smallest absolute Gasteiger partial charge is 0.226 e. The maximum absolute atomic E-state index is 5.42. The summed E-state index contributed by atoms with van der Waals surface area (Å²) in [5.74, 6) is 2.02. The summed E-state index contributed by atoms with van der Waals surface area (Å²) < 4.78 is 3.10. The van der Waals surface area contributed by atoms with Gasteiger partial charge >= 0.3 is 0 Å². The van der Waals surface area contributed by atoms with Gasteiger partial charge < -0.3 is 4.90 Å². The summed E-state index contributed by atoms with van der Waals surface area (Å²) in [4.78, 5) is 2.57. The lowest BCUT2D eigenvalue weighted by molar-refractivity contribution is 0.240. The highest BCUT2D eigenvalue weighted by Crippen LogP contribution is 2.41. The zero-order chi connectivity index (χ0) is 12.8. The summed E-state index contributed by atoms with van der Waals surface area (Å²) in [6, 6.07) is 1.33. The van der Waals surface area contributed by atoms with Crippen LogP contribution in [-0.4, -0.2) is 27.4 Å². The van der Waals surface area contributed by atoms with Crippen LogP contribution in [0.5, 0.6) is 0 Å². The number of aromatic amines is 1. The van der Waals surface area contributed by atoms with Gasteiger partial charge in [0.05, 0.1) is 0 Å². The number of nitrogens with zero attached hydrogens (tertiary/aromatic N) is 3. The van der Waals surface area contributed by atoms with Gasteiger partial charge in [-0.2, -0.15) is 0 Å². The van der Waals surface area contributed by atoms with Crippen LogP contribution in [0.4, 0.5) is 5.95 Å². The zero-order valence-electron chi connectivity index (χ0n) is 11.3. The van der Waals surface area contributed by atoms with Crippen molar-refractivity contribution in [3.05, 3.63) is 4.77 Å². The highest BCUT2D eigenvalue weighted by molar-refractivity contribution is 7.71. The topological polar surface area (TPSA) is 36.9 Å². The van der Waals surface area contributed by atoms with Crippen LogP contribution in [0.15, 0.2) is 0 Å². The van der Waals surface area contributed by atoms with Gasteiger partial charge in [0.2, 0.25) is 5.95 Å². The first-order chi connectivity index (χ1) is 9.34. The lowest BCUT2D eigenvalue weighted by atomic mass is 9.78. The van der Waals surface area contributed by atoms with Crippen LogP contribution < -0.4 is 4.90 Å². The molecule has 0 spiro atoms. The van der Waals surface area contributed by atoms with E-state index < -0.39 is 0 Å². The Morgan fingerprint density at radius 2 is 1.84 bits per heavy atom. The molecular weight excluding hydrogens is 256 g/mol. The van der Waals surface area contributed by atoms with Crippen molar-refractivity contribution < 1.29 is 0 Å². The number of nitrogens with one attached hydrogen (secondary N) is 1. The second kappa shape index (κ2) is 4.62. The number of aromatic nitrogens is 3. The number of piperidine rings is 1. The Bertz CT molecular complexity index is 514. The highest BCUT2D eigenvalue weighted by atomic mass is 32.1. The number of rotatable bonds is 2. The minimum absolute atomic E-state index is 0.616. The molecule has 2 aliphatic carbocycles. The molecule has 1 aromatic rings. The van der Waals surface area contributed by atoms with Gasteiger partial charge in [0.25, 0.3) is 0 Å². The Labute approximate surface area is 119 Å². The van der Waals surface area contributed by atoms with Crippen molar-refractivity contribution in [1.82, 2.24) is 14.8 Å². The Kier molecular flexibility index (Phi) is 2.90. The Hall–Kier alpha value is -0.840. The van der Waals surface area contributed by atoms with Crippen LogP contribution in [0.2, 0.25) is 0 Å². The van der Waals surface area contributed by atoms with Crippen molar-refractivity contribution in [2.45, 2.75) is 63.5 Å². The van der Waals surface area contributed by atoms with Crippen LogP contribution in [0, 0.1) is 10.7 Å². The van der Waals surface area contributed by atoms with Crippen LogP contribution in [-0.2, 0) is 0 Å². The first kappa shape index (κ1) is 11.9. The van der Waals surface area contributed by atoms with Gasteiger partial charge in [-0.25, -0.2) is 5.10 Å². The van der Waals surface area contributed by atoms with Crippen molar-refractivity contribution in [3.63, 3.8) is 0 Å². The van der Waals surface area contributed by atoms with Gasteiger partial charge in [-0.15, -0.1) is 5.10 Å². The molecule has 1 saturated heterocycles. The van der Waals surface area contributed by atoms with E-state index in [9.17, 15) is 0 Å². The fraction of sp³-hybridized carbons (Fsp3) is 0.857. The second-order valence-electron chi connectivity index (χ2n) is 6.38. The summed E-state index contributed by atoms with van der Waals surface area (Å²) in [7, 11) is 0. The number of hydrogen-bond acceptors (Lipinski definition) is 3. The Morgan fingerprint density at radius 1 is 1.05 bits per heavy atom. The van der Waals surface area contributed by atoms with Crippen LogP contribution in [0.25, 0.3) is 0 Å². The van der Waals surface area contributed by atoms with Gasteiger partial charge in [0.1, 0.15) is 0 Å². The van der Waals surface area contributed by atoms with Crippen molar-refractivity contribution in [1.29, 1.82) is 0 Å². The number of fused-ring (bicyclic) bond motifs is 1. The molecule has 2 heterocycles. The summed E-state index contributed by atoms with van der Waals surface area (Å²) in [6.45, 7) is 1.16. The quantitative estimate of drug-likeness (QED) is 0.842. The average Bonchev–Trinajstić information content (AvgIpc) is 3.21. The van der Waals surface area contributed by atoms with Gasteiger partial charge in [0.15, 0.2) is 4.77 Å². The summed E-state index contributed by atoms with van der Waals surface area (Å²) >= 11 is 5.42. The van der Waals surface area contributed by atoms with E-state index in [1.54, 1.807) is 0 Å². The highest BCUT2D eigenvalue weighted by Gasteiger charge is 2.37. The maximum Gasteiger partial charge on any atom is 0.226 e. The van der Waals surface area contributed by atoms with Crippen molar-refractivity contribution >= 4 is 18.2 Å². The van der Waals surface area contributed by atoms with Gasteiger partial charge in [-0.3, -0.25) is 4.57 Å². The summed E-state index contributed by atoms with van der Waals surface area (Å²) in [5, 5.41) is 7.59. The Balaban J connectivity index is 1.68. The predicted octanol–water partition coefficient (Wildman–Crippen LogP) is 3.43. The number of H-pyrrole nitrogens is 1. The lowest BCUT2D eigenvalue weighted by Crippen LogP contribution is -2.48. The molecule has 0 radical (unpaired) electrons. The van der Waals surface area contributed by atoms with E-state index in [1.807, 2.05) is 0 Å². The molecule has 1 aliphatic heterocycles. The maximum atomic E-state index is 5.42. The molecule has 1 N–H and O–H groups in total. The predicted molar refractivity (Wildman–Crippen MR) is 78.0 cm³/mol. The molecule has 4 rings (SSSR count). The lowest BCUT2D eigenvalue weighted by Gasteiger charge is -2.44. The molecule has 1 aromatic heterocycles. The third-order valence-electron chi connectivity index (χ3n) is 5.10. The molecule has 104 valence electrons. The van der Waals surface area contributed by atoms with E-state index in [0.29, 0.717) is 12.1 Å². The SMILES string of the molecule is S=c1[nH]nc(N2CCCC3CCCCC32)n1C1CC1. The van der Waals surface area contributed by atoms with E-state index in [2.05, 4.69) is 19.7 Å². The largest absolute Gasteiger partial charge is 0.338 e. The summed E-state index contributed by atoms with van der Waals surface area (Å²) in [5.41, 5.74) is 0.